The largest absolute Gasteiger partial charge is 0.493 e. The van der Waals surface area contributed by atoms with Crippen LogP contribution in [-0.4, -0.2) is 51.9 Å². The highest BCUT2D eigenvalue weighted by Gasteiger charge is 2.16. The fraction of sp³-hybridized carbons (Fsp3) is 0.190. The van der Waals surface area contributed by atoms with Crippen LogP contribution in [0.2, 0.25) is 0 Å². The number of carbonyl (C=O) groups is 1. The molecule has 1 aromatic heterocycles. The van der Waals surface area contributed by atoms with Gasteiger partial charge < -0.3 is 30.6 Å². The van der Waals surface area contributed by atoms with Crippen LogP contribution in [0.3, 0.4) is 0 Å². The summed E-state index contributed by atoms with van der Waals surface area (Å²) in [4.78, 5) is 20.4. The van der Waals surface area contributed by atoms with Crippen molar-refractivity contribution in [1.29, 1.82) is 0 Å². The second-order valence-electron chi connectivity index (χ2n) is 6.94. The number of amides is 1. The standard InChI is InChI=1S/C21H24N6O6S/c1-31-16-9-14(10-17(32-2)18(16)33-3)25-21-23-11-15(19(22)28)20(26-21)24-12-5-7-13(8-6-12)27-34(4,29)30/h5-11,27H,1-4H3,(H2,22,28)(H2,23,24,25,26). The van der Waals surface area contributed by atoms with Crippen molar-refractivity contribution in [3.8, 4) is 17.2 Å². The second-order valence-corrected chi connectivity index (χ2v) is 8.68. The van der Waals surface area contributed by atoms with Crippen molar-refractivity contribution in [2.75, 3.05) is 42.9 Å². The predicted molar refractivity (Wildman–Crippen MR) is 128 cm³/mol. The monoisotopic (exact) mass is 488 g/mol. The highest BCUT2D eigenvalue weighted by atomic mass is 32.2. The van der Waals surface area contributed by atoms with Gasteiger partial charge in [0.1, 0.15) is 11.4 Å². The number of nitrogens with two attached hydrogens (primary N) is 1. The highest BCUT2D eigenvalue weighted by molar-refractivity contribution is 7.92. The van der Waals surface area contributed by atoms with Crippen molar-refractivity contribution in [3.05, 3.63) is 48.2 Å². The molecule has 0 unspecified atom stereocenters. The Kier molecular flexibility index (Phi) is 7.26. The van der Waals surface area contributed by atoms with E-state index in [0.29, 0.717) is 34.3 Å². The first kappa shape index (κ1) is 24.4. The van der Waals surface area contributed by atoms with Crippen molar-refractivity contribution in [1.82, 2.24) is 9.97 Å². The van der Waals surface area contributed by atoms with Crippen molar-refractivity contribution in [2.45, 2.75) is 0 Å². The lowest BCUT2D eigenvalue weighted by atomic mass is 10.2. The van der Waals surface area contributed by atoms with E-state index in [9.17, 15) is 13.2 Å². The maximum absolute atomic E-state index is 11.9. The molecule has 1 amide bonds. The van der Waals surface area contributed by atoms with Crippen molar-refractivity contribution >= 4 is 44.8 Å². The number of aromatic nitrogens is 2. The van der Waals surface area contributed by atoms with Gasteiger partial charge in [-0.15, -0.1) is 0 Å². The topological polar surface area (TPSA) is 167 Å². The molecule has 0 aliphatic rings. The van der Waals surface area contributed by atoms with Gasteiger partial charge in [-0.1, -0.05) is 0 Å². The molecule has 0 bridgehead atoms. The number of methoxy groups -OCH3 is 3. The number of carbonyl (C=O) groups excluding carboxylic acids is 1. The van der Waals surface area contributed by atoms with Gasteiger partial charge in [0, 0.05) is 35.4 Å². The number of nitrogens with one attached hydrogen (secondary N) is 3. The Morgan fingerprint density at radius 2 is 1.50 bits per heavy atom. The van der Waals surface area contributed by atoms with Gasteiger partial charge in [0.2, 0.25) is 21.7 Å². The van der Waals surface area contributed by atoms with Gasteiger partial charge in [-0.05, 0) is 24.3 Å². The molecule has 5 N–H and O–H groups in total. The molecule has 0 radical (unpaired) electrons. The van der Waals surface area contributed by atoms with Crippen LogP contribution >= 0.6 is 0 Å². The van der Waals surface area contributed by atoms with Gasteiger partial charge in [-0.3, -0.25) is 9.52 Å². The molecule has 12 nitrogen and oxygen atoms in total. The number of sulfonamides is 1. The van der Waals surface area contributed by atoms with Crippen LogP contribution in [0.15, 0.2) is 42.6 Å². The molecule has 0 atom stereocenters. The third-order valence-corrected chi connectivity index (χ3v) is 5.03. The zero-order valence-corrected chi connectivity index (χ0v) is 19.7. The van der Waals surface area contributed by atoms with Crippen LogP contribution < -0.4 is 35.3 Å². The van der Waals surface area contributed by atoms with E-state index >= 15 is 0 Å². The zero-order valence-electron chi connectivity index (χ0n) is 18.9. The van der Waals surface area contributed by atoms with E-state index in [1.54, 1.807) is 36.4 Å². The van der Waals surface area contributed by atoms with E-state index in [1.165, 1.54) is 27.5 Å². The minimum absolute atomic E-state index is 0.0637. The van der Waals surface area contributed by atoms with E-state index in [2.05, 4.69) is 25.3 Å². The number of hydrogen-bond donors (Lipinski definition) is 4. The molecule has 1 heterocycles. The van der Waals surface area contributed by atoms with E-state index in [-0.39, 0.29) is 17.3 Å². The molecule has 0 saturated heterocycles. The predicted octanol–water partition coefficient (Wildman–Crippen LogP) is 2.46. The molecule has 2 aromatic carbocycles. The van der Waals surface area contributed by atoms with Crippen LogP contribution in [0.4, 0.5) is 28.8 Å². The van der Waals surface area contributed by atoms with Crippen LogP contribution in [0.1, 0.15) is 10.4 Å². The number of rotatable bonds is 10. The minimum atomic E-state index is -3.40. The van der Waals surface area contributed by atoms with Gasteiger partial charge in [0.25, 0.3) is 5.91 Å². The Bertz CT molecular complexity index is 1270. The number of primary amides is 1. The summed E-state index contributed by atoms with van der Waals surface area (Å²) in [5.74, 6) is 0.880. The molecule has 0 fully saturated rings. The number of benzene rings is 2. The van der Waals surface area contributed by atoms with Crippen LogP contribution in [0.25, 0.3) is 0 Å². The highest BCUT2D eigenvalue weighted by Crippen LogP contribution is 2.40. The smallest absolute Gasteiger partial charge is 0.254 e. The molecule has 0 saturated carbocycles. The lowest BCUT2D eigenvalue weighted by Gasteiger charge is -2.15. The van der Waals surface area contributed by atoms with E-state index in [1.807, 2.05) is 0 Å². The molecule has 0 aliphatic carbocycles. The molecule has 180 valence electrons. The molecule has 0 spiro atoms. The Balaban J connectivity index is 1.90. The molecule has 13 heteroatoms. The molecular weight excluding hydrogens is 464 g/mol. The summed E-state index contributed by atoms with van der Waals surface area (Å²) in [6.45, 7) is 0. The lowest BCUT2D eigenvalue weighted by Crippen LogP contribution is -2.15. The van der Waals surface area contributed by atoms with Crippen LogP contribution in [0, 0.1) is 0 Å². The first-order valence-electron chi connectivity index (χ1n) is 9.72. The van der Waals surface area contributed by atoms with E-state index in [4.69, 9.17) is 19.9 Å². The molecule has 3 aromatic rings. The molecule has 3 rings (SSSR count). The zero-order chi connectivity index (χ0) is 24.9. The third kappa shape index (κ3) is 5.95. The van der Waals surface area contributed by atoms with E-state index < -0.39 is 15.9 Å². The van der Waals surface area contributed by atoms with Gasteiger partial charge in [-0.25, -0.2) is 13.4 Å². The van der Waals surface area contributed by atoms with Gasteiger partial charge in [0.05, 0.1) is 27.6 Å². The van der Waals surface area contributed by atoms with Gasteiger partial charge in [0.15, 0.2) is 11.5 Å². The summed E-state index contributed by atoms with van der Waals surface area (Å²) in [6.07, 6.45) is 2.35. The van der Waals surface area contributed by atoms with Crippen LogP contribution in [-0.2, 0) is 10.0 Å². The average Bonchev–Trinajstić information content (AvgIpc) is 2.78. The summed E-state index contributed by atoms with van der Waals surface area (Å²) in [5.41, 5.74) is 7.00. The Hall–Kier alpha value is -4.26. The Labute approximate surface area is 196 Å². The van der Waals surface area contributed by atoms with Crippen molar-refractivity contribution in [2.24, 2.45) is 5.73 Å². The summed E-state index contributed by atoms with van der Waals surface area (Å²) in [6, 6.07) is 9.70. The second kappa shape index (κ2) is 10.1. The molecular formula is C21H24N6O6S. The van der Waals surface area contributed by atoms with Crippen molar-refractivity contribution < 1.29 is 27.4 Å². The average molecular weight is 489 g/mol. The van der Waals surface area contributed by atoms with E-state index in [0.717, 1.165) is 6.26 Å². The normalized spacial score (nSPS) is 10.8. The lowest BCUT2D eigenvalue weighted by molar-refractivity contribution is 0.100. The number of nitrogens with zero attached hydrogens (tertiary/aromatic N) is 2. The maximum atomic E-state index is 11.9. The van der Waals surface area contributed by atoms with Gasteiger partial charge >= 0.3 is 0 Å². The molecule has 0 aliphatic heterocycles. The summed E-state index contributed by atoms with van der Waals surface area (Å²) < 4.78 is 41.1. The Morgan fingerprint density at radius 3 is 2.00 bits per heavy atom. The fourth-order valence-electron chi connectivity index (χ4n) is 2.97. The SMILES string of the molecule is COc1cc(Nc2ncc(C(N)=O)c(Nc3ccc(NS(C)(=O)=O)cc3)n2)cc(OC)c1OC. The number of hydrogen-bond acceptors (Lipinski definition) is 10. The maximum Gasteiger partial charge on any atom is 0.254 e. The number of ether oxygens (including phenoxy) is 3. The van der Waals surface area contributed by atoms with Crippen LogP contribution in [0.5, 0.6) is 17.2 Å². The summed E-state index contributed by atoms with van der Waals surface area (Å²) in [5, 5.41) is 6.02. The Morgan fingerprint density at radius 1 is 0.912 bits per heavy atom. The molecule has 34 heavy (non-hydrogen) atoms. The summed E-state index contributed by atoms with van der Waals surface area (Å²) >= 11 is 0. The minimum Gasteiger partial charge on any atom is -0.493 e. The fourth-order valence-corrected chi connectivity index (χ4v) is 3.54. The first-order valence-corrected chi connectivity index (χ1v) is 11.6. The third-order valence-electron chi connectivity index (χ3n) is 4.43. The van der Waals surface area contributed by atoms with Crippen molar-refractivity contribution in [3.63, 3.8) is 0 Å². The quantitative estimate of drug-likeness (QED) is 0.333. The first-order chi connectivity index (χ1) is 16.1. The number of anilines is 5. The van der Waals surface area contributed by atoms with Gasteiger partial charge in [-0.2, -0.15) is 4.98 Å². The summed E-state index contributed by atoms with van der Waals surface area (Å²) in [7, 11) is 1.09.